The average molecular weight is 327 g/mol. The highest BCUT2D eigenvalue weighted by molar-refractivity contribution is 7.90. The Labute approximate surface area is 128 Å². The van der Waals surface area contributed by atoms with Gasteiger partial charge in [0.25, 0.3) is 5.56 Å². The molecule has 0 radical (unpaired) electrons. The van der Waals surface area contributed by atoms with Gasteiger partial charge in [0.15, 0.2) is 0 Å². The highest BCUT2D eigenvalue weighted by Gasteiger charge is 2.22. The summed E-state index contributed by atoms with van der Waals surface area (Å²) in [5.41, 5.74) is -0.0141. The number of aromatic nitrogens is 2. The number of hydrogen-bond acceptors (Lipinski definition) is 4. The molecule has 1 aromatic heterocycles. The Hall–Kier alpha value is -1.66. The zero-order valence-corrected chi connectivity index (χ0v) is 13.1. The lowest BCUT2D eigenvalue weighted by Gasteiger charge is -2.07. The molecule has 0 N–H and O–H groups in total. The Kier molecular flexibility index (Phi) is 4.80. The third-order valence-corrected chi connectivity index (χ3v) is 4.75. The predicted octanol–water partition coefficient (Wildman–Crippen LogP) is 2.28. The van der Waals surface area contributed by atoms with Crippen LogP contribution in [0, 0.1) is 0 Å². The van der Waals surface area contributed by atoms with Crippen molar-refractivity contribution < 1.29 is 8.42 Å². The Morgan fingerprint density at radius 2 is 1.90 bits per heavy atom. The molecular formula is C14H15ClN2O3S. The maximum atomic E-state index is 12.4. The summed E-state index contributed by atoms with van der Waals surface area (Å²) >= 11 is 5.77. The summed E-state index contributed by atoms with van der Waals surface area (Å²) in [6.45, 7) is 2.37. The largest absolute Gasteiger partial charge is 0.312 e. The molecule has 7 heteroatoms. The summed E-state index contributed by atoms with van der Waals surface area (Å²) in [5, 5.41) is 0.118. The monoisotopic (exact) mass is 326 g/mol. The minimum atomic E-state index is -3.79. The second-order valence-corrected chi connectivity index (χ2v) is 6.96. The van der Waals surface area contributed by atoms with Gasteiger partial charge in [-0.15, -0.1) is 0 Å². The van der Waals surface area contributed by atoms with E-state index in [1.54, 1.807) is 24.3 Å². The van der Waals surface area contributed by atoms with Gasteiger partial charge in [-0.1, -0.05) is 30.7 Å². The molecular weight excluding hydrogens is 312 g/mol. The van der Waals surface area contributed by atoms with Gasteiger partial charge < -0.3 is 4.57 Å². The lowest BCUT2D eigenvalue weighted by Crippen LogP contribution is -2.27. The molecule has 5 nitrogen and oxygen atoms in total. The van der Waals surface area contributed by atoms with Crippen molar-refractivity contribution in [3.63, 3.8) is 0 Å². The molecule has 0 aliphatic rings. The molecule has 0 bridgehead atoms. The van der Waals surface area contributed by atoms with E-state index in [4.69, 9.17) is 11.6 Å². The van der Waals surface area contributed by atoms with Crippen LogP contribution in [0.5, 0.6) is 0 Å². The summed E-state index contributed by atoms with van der Waals surface area (Å²) in [5.74, 6) is -0.275. The minimum absolute atomic E-state index is 0.275. The van der Waals surface area contributed by atoms with Crippen LogP contribution in [0.15, 0.2) is 46.5 Å². The van der Waals surface area contributed by atoms with Crippen molar-refractivity contribution in [2.75, 3.05) is 0 Å². The molecule has 0 aliphatic heterocycles. The zero-order chi connectivity index (χ0) is 15.5. The van der Waals surface area contributed by atoms with Gasteiger partial charge in [-0.25, -0.2) is 13.4 Å². The maximum absolute atomic E-state index is 12.4. The van der Waals surface area contributed by atoms with Crippen LogP contribution in [0.2, 0.25) is 5.02 Å². The molecule has 112 valence electrons. The molecule has 0 spiro atoms. The average Bonchev–Trinajstić information content (AvgIpc) is 2.43. The Morgan fingerprint density at radius 3 is 2.52 bits per heavy atom. The molecule has 2 rings (SSSR count). The van der Waals surface area contributed by atoms with E-state index in [0.29, 0.717) is 17.1 Å². The third kappa shape index (κ3) is 3.71. The van der Waals surface area contributed by atoms with E-state index in [9.17, 15) is 13.2 Å². The molecule has 1 heterocycles. The predicted molar refractivity (Wildman–Crippen MR) is 81.1 cm³/mol. The molecule has 0 aliphatic carbocycles. The number of sulfone groups is 1. The topological polar surface area (TPSA) is 69.0 Å². The molecule has 1 aromatic carbocycles. The smallest absolute Gasteiger partial charge is 0.288 e. The molecule has 0 fully saturated rings. The number of aryl methyl sites for hydroxylation is 1. The van der Waals surface area contributed by atoms with Crippen molar-refractivity contribution in [2.45, 2.75) is 30.7 Å². The standard InChI is InChI=1S/C14H15ClN2O3S/c1-2-8-17-9-7-16-13(14(17)18)21(19,20)10-11-3-5-12(15)6-4-11/h3-7,9H,2,8,10H2,1H3. The van der Waals surface area contributed by atoms with Crippen LogP contribution in [0.4, 0.5) is 0 Å². The van der Waals surface area contributed by atoms with E-state index in [-0.39, 0.29) is 5.75 Å². The number of halogens is 1. The molecule has 21 heavy (non-hydrogen) atoms. The fourth-order valence-electron chi connectivity index (χ4n) is 1.93. The van der Waals surface area contributed by atoms with E-state index in [1.165, 1.54) is 17.0 Å². The van der Waals surface area contributed by atoms with Crippen molar-refractivity contribution in [3.05, 3.63) is 57.6 Å². The highest BCUT2D eigenvalue weighted by atomic mass is 35.5. The number of rotatable bonds is 5. The van der Waals surface area contributed by atoms with Crippen LogP contribution in [0.25, 0.3) is 0 Å². The SMILES string of the molecule is CCCn1ccnc(S(=O)(=O)Cc2ccc(Cl)cc2)c1=O. The van der Waals surface area contributed by atoms with E-state index in [1.807, 2.05) is 6.92 Å². The lowest BCUT2D eigenvalue weighted by molar-refractivity contribution is 0.578. The normalized spacial score (nSPS) is 11.5. The fraction of sp³-hybridized carbons (Fsp3) is 0.286. The first-order chi connectivity index (χ1) is 9.94. The number of nitrogens with zero attached hydrogens (tertiary/aromatic N) is 2. The van der Waals surface area contributed by atoms with Gasteiger partial charge in [0.05, 0.1) is 5.75 Å². The second-order valence-electron chi connectivity index (χ2n) is 4.62. The van der Waals surface area contributed by atoms with Crippen LogP contribution in [0.1, 0.15) is 18.9 Å². The van der Waals surface area contributed by atoms with E-state index in [2.05, 4.69) is 4.98 Å². The molecule has 0 unspecified atom stereocenters. The first-order valence-electron chi connectivity index (χ1n) is 6.46. The minimum Gasteiger partial charge on any atom is -0.312 e. The van der Waals surface area contributed by atoms with Crippen LogP contribution in [0.3, 0.4) is 0 Å². The second kappa shape index (κ2) is 6.41. The van der Waals surface area contributed by atoms with Crippen LogP contribution in [-0.2, 0) is 22.1 Å². The third-order valence-electron chi connectivity index (χ3n) is 2.91. The molecule has 0 atom stereocenters. The van der Waals surface area contributed by atoms with E-state index in [0.717, 1.165) is 6.42 Å². The van der Waals surface area contributed by atoms with Crippen LogP contribution < -0.4 is 5.56 Å². The van der Waals surface area contributed by atoms with Gasteiger partial charge in [-0.2, -0.15) is 0 Å². The molecule has 0 saturated carbocycles. The summed E-state index contributed by atoms with van der Waals surface area (Å²) < 4.78 is 26.1. The first kappa shape index (κ1) is 15.7. The fourth-order valence-corrected chi connectivity index (χ4v) is 3.42. The van der Waals surface area contributed by atoms with Gasteiger partial charge >= 0.3 is 0 Å². The van der Waals surface area contributed by atoms with Gasteiger partial charge in [-0.05, 0) is 24.1 Å². The zero-order valence-electron chi connectivity index (χ0n) is 11.5. The lowest BCUT2D eigenvalue weighted by atomic mass is 10.2. The van der Waals surface area contributed by atoms with Gasteiger partial charge in [0.2, 0.25) is 14.9 Å². The summed E-state index contributed by atoms with van der Waals surface area (Å²) in [4.78, 5) is 15.9. The highest BCUT2D eigenvalue weighted by Crippen LogP contribution is 2.14. The van der Waals surface area contributed by atoms with Crippen molar-refractivity contribution in [3.8, 4) is 0 Å². The molecule has 0 amide bonds. The molecule has 2 aromatic rings. The number of hydrogen-bond donors (Lipinski definition) is 0. The van der Waals surface area contributed by atoms with Crippen molar-refractivity contribution >= 4 is 21.4 Å². The van der Waals surface area contributed by atoms with Crippen LogP contribution in [-0.4, -0.2) is 18.0 Å². The summed E-state index contributed by atoms with van der Waals surface area (Å²) in [6.07, 6.45) is 3.57. The van der Waals surface area contributed by atoms with Crippen molar-refractivity contribution in [1.82, 2.24) is 9.55 Å². The summed E-state index contributed by atoms with van der Waals surface area (Å²) in [7, 11) is -3.79. The van der Waals surface area contributed by atoms with Gasteiger partial charge in [0, 0.05) is 24.0 Å². The van der Waals surface area contributed by atoms with Crippen molar-refractivity contribution in [1.29, 1.82) is 0 Å². The maximum Gasteiger partial charge on any atom is 0.288 e. The Balaban J connectivity index is 2.38. The van der Waals surface area contributed by atoms with E-state index >= 15 is 0 Å². The van der Waals surface area contributed by atoms with Crippen LogP contribution >= 0.6 is 11.6 Å². The Morgan fingerprint density at radius 1 is 1.24 bits per heavy atom. The van der Waals surface area contributed by atoms with E-state index < -0.39 is 20.4 Å². The quantitative estimate of drug-likeness (QED) is 0.845. The summed E-state index contributed by atoms with van der Waals surface area (Å²) in [6, 6.07) is 6.46. The number of benzene rings is 1. The van der Waals surface area contributed by atoms with Gasteiger partial charge in [0.1, 0.15) is 0 Å². The van der Waals surface area contributed by atoms with Crippen molar-refractivity contribution in [2.24, 2.45) is 0 Å². The van der Waals surface area contributed by atoms with Gasteiger partial charge in [-0.3, -0.25) is 4.79 Å². The first-order valence-corrected chi connectivity index (χ1v) is 8.49. The molecule has 0 saturated heterocycles. The Bertz CT molecular complexity index is 783.